The maximum atomic E-state index is 5.65. The van der Waals surface area contributed by atoms with Gasteiger partial charge < -0.3 is 14.5 Å². The van der Waals surface area contributed by atoms with Crippen molar-refractivity contribution in [1.82, 2.24) is 5.32 Å². The van der Waals surface area contributed by atoms with Crippen LogP contribution in [0.1, 0.15) is 38.0 Å². The third-order valence-electron chi connectivity index (χ3n) is 2.81. The van der Waals surface area contributed by atoms with Gasteiger partial charge in [0.1, 0.15) is 5.76 Å². The van der Waals surface area contributed by atoms with Crippen LogP contribution in [0.25, 0.3) is 0 Å². The molecule has 1 aromatic rings. The molecule has 2 heterocycles. The van der Waals surface area contributed by atoms with Gasteiger partial charge in [0.05, 0.1) is 18.9 Å². The number of nitrogens with one attached hydrogen (secondary N) is 1. The smallest absolute Gasteiger partial charge is 0.169 e. The molecule has 0 aromatic carbocycles. The van der Waals surface area contributed by atoms with Crippen LogP contribution in [-0.2, 0) is 4.74 Å². The van der Waals surface area contributed by atoms with Crippen molar-refractivity contribution in [3.8, 4) is 0 Å². The molecule has 17 heavy (non-hydrogen) atoms. The largest absolute Gasteiger partial charge is 0.501 e. The first-order chi connectivity index (χ1) is 8.31. The molecule has 3 nitrogen and oxygen atoms in total. The molecule has 0 aliphatic carbocycles. The van der Waals surface area contributed by atoms with Crippen molar-refractivity contribution in [3.05, 3.63) is 34.4 Å². The van der Waals surface area contributed by atoms with E-state index >= 15 is 0 Å². The van der Waals surface area contributed by atoms with Crippen molar-refractivity contribution in [2.45, 2.75) is 32.2 Å². The summed E-state index contributed by atoms with van der Waals surface area (Å²) in [5.41, 5.74) is 1.27. The molecule has 94 valence electrons. The molecule has 0 amide bonds. The van der Waals surface area contributed by atoms with Crippen LogP contribution >= 0.6 is 15.9 Å². The van der Waals surface area contributed by atoms with Crippen LogP contribution in [0.2, 0.25) is 0 Å². The normalized spacial score (nSPS) is 17.4. The lowest BCUT2D eigenvalue weighted by Crippen LogP contribution is -2.25. The van der Waals surface area contributed by atoms with Crippen LogP contribution in [0.4, 0.5) is 0 Å². The highest BCUT2D eigenvalue weighted by Gasteiger charge is 2.21. The van der Waals surface area contributed by atoms with Crippen molar-refractivity contribution in [1.29, 1.82) is 0 Å². The van der Waals surface area contributed by atoms with Crippen LogP contribution in [0.15, 0.2) is 33.1 Å². The molecule has 0 fully saturated rings. The van der Waals surface area contributed by atoms with Gasteiger partial charge in [-0.15, -0.1) is 0 Å². The number of hydrogen-bond acceptors (Lipinski definition) is 3. The average molecular weight is 300 g/mol. The number of furan rings is 1. The highest BCUT2D eigenvalue weighted by molar-refractivity contribution is 9.10. The summed E-state index contributed by atoms with van der Waals surface area (Å²) in [4.78, 5) is 0. The Morgan fingerprint density at radius 1 is 1.47 bits per heavy atom. The first-order valence-corrected chi connectivity index (χ1v) is 6.89. The van der Waals surface area contributed by atoms with E-state index in [-0.39, 0.29) is 6.04 Å². The highest BCUT2D eigenvalue weighted by atomic mass is 79.9. The summed E-state index contributed by atoms with van der Waals surface area (Å²) in [5, 5.41) is 3.51. The second-order valence-electron chi connectivity index (χ2n) is 4.20. The van der Waals surface area contributed by atoms with Crippen LogP contribution in [0, 0.1) is 0 Å². The van der Waals surface area contributed by atoms with Gasteiger partial charge in [0.2, 0.25) is 0 Å². The van der Waals surface area contributed by atoms with E-state index in [0.29, 0.717) is 0 Å². The molecule has 0 radical (unpaired) electrons. The molecule has 1 aliphatic heterocycles. The number of rotatable bonds is 5. The van der Waals surface area contributed by atoms with Crippen LogP contribution < -0.4 is 5.32 Å². The molecule has 1 unspecified atom stereocenters. The van der Waals surface area contributed by atoms with Crippen LogP contribution in [0.5, 0.6) is 0 Å². The maximum absolute atomic E-state index is 5.65. The van der Waals surface area contributed by atoms with Crippen molar-refractivity contribution < 1.29 is 9.15 Å². The molecule has 1 atom stereocenters. The fourth-order valence-electron chi connectivity index (χ4n) is 1.98. The first-order valence-electron chi connectivity index (χ1n) is 6.10. The lowest BCUT2D eigenvalue weighted by atomic mass is 10.00. The number of hydrogen-bond donors (Lipinski definition) is 1. The predicted octanol–water partition coefficient (Wildman–Crippen LogP) is 3.78. The molecular weight excluding hydrogens is 282 g/mol. The molecule has 1 N–H and O–H groups in total. The van der Waals surface area contributed by atoms with Gasteiger partial charge in [0.25, 0.3) is 0 Å². The average Bonchev–Trinajstić information content (AvgIpc) is 2.78. The van der Waals surface area contributed by atoms with Gasteiger partial charge in [-0.25, -0.2) is 0 Å². The summed E-state index contributed by atoms with van der Waals surface area (Å²) in [6, 6.07) is 4.08. The fraction of sp³-hybridized carbons (Fsp3) is 0.538. The van der Waals surface area contributed by atoms with Gasteiger partial charge in [0.15, 0.2) is 4.67 Å². The SMILES string of the molecule is CCCNC(C1=COCCC1)c1ccc(Br)o1. The second kappa shape index (κ2) is 6.26. The van der Waals surface area contributed by atoms with Crippen LogP contribution in [0.3, 0.4) is 0 Å². The molecule has 1 aromatic heterocycles. The number of halogens is 1. The summed E-state index contributed by atoms with van der Waals surface area (Å²) >= 11 is 3.35. The Morgan fingerprint density at radius 2 is 2.35 bits per heavy atom. The van der Waals surface area contributed by atoms with E-state index in [1.807, 2.05) is 18.4 Å². The van der Waals surface area contributed by atoms with Gasteiger partial charge in [-0.3, -0.25) is 0 Å². The molecule has 0 saturated heterocycles. The fourth-order valence-corrected chi connectivity index (χ4v) is 2.30. The Bertz CT molecular complexity index is 387. The van der Waals surface area contributed by atoms with E-state index in [4.69, 9.17) is 9.15 Å². The Labute approximate surface area is 110 Å². The third kappa shape index (κ3) is 3.36. The summed E-state index contributed by atoms with van der Waals surface area (Å²) in [7, 11) is 0. The molecule has 2 rings (SSSR count). The van der Waals surface area contributed by atoms with Gasteiger partial charge >= 0.3 is 0 Å². The standard InChI is InChI=1S/C13H18BrNO2/c1-2-7-15-13(10-4-3-8-16-9-10)11-5-6-12(14)17-11/h5-6,9,13,15H,2-4,7-8H2,1H3. The van der Waals surface area contributed by atoms with Gasteiger partial charge in [-0.05, 0) is 59.4 Å². The Morgan fingerprint density at radius 3 is 2.94 bits per heavy atom. The van der Waals surface area contributed by atoms with Crippen molar-refractivity contribution in [2.75, 3.05) is 13.2 Å². The second-order valence-corrected chi connectivity index (χ2v) is 4.98. The van der Waals surface area contributed by atoms with Crippen LogP contribution in [-0.4, -0.2) is 13.2 Å². The zero-order valence-electron chi connectivity index (χ0n) is 10.0. The Hall–Kier alpha value is -0.740. The molecular formula is C13H18BrNO2. The molecule has 1 aliphatic rings. The lowest BCUT2D eigenvalue weighted by Gasteiger charge is -2.22. The van der Waals surface area contributed by atoms with E-state index in [2.05, 4.69) is 28.2 Å². The maximum Gasteiger partial charge on any atom is 0.169 e. The zero-order chi connectivity index (χ0) is 12.1. The predicted molar refractivity (Wildman–Crippen MR) is 70.7 cm³/mol. The van der Waals surface area contributed by atoms with E-state index in [1.54, 1.807) is 0 Å². The molecule has 0 spiro atoms. The lowest BCUT2D eigenvalue weighted by molar-refractivity contribution is 0.217. The zero-order valence-corrected chi connectivity index (χ0v) is 11.6. The topological polar surface area (TPSA) is 34.4 Å². The minimum atomic E-state index is 0.140. The molecule has 0 bridgehead atoms. The highest BCUT2D eigenvalue weighted by Crippen LogP contribution is 2.30. The number of ether oxygens (including phenoxy) is 1. The minimum Gasteiger partial charge on any atom is -0.501 e. The molecule has 4 heteroatoms. The van der Waals surface area contributed by atoms with E-state index < -0.39 is 0 Å². The van der Waals surface area contributed by atoms with Crippen molar-refractivity contribution in [3.63, 3.8) is 0 Å². The minimum absolute atomic E-state index is 0.140. The van der Waals surface area contributed by atoms with E-state index in [1.165, 1.54) is 5.57 Å². The Balaban J connectivity index is 2.15. The summed E-state index contributed by atoms with van der Waals surface area (Å²) in [6.07, 6.45) is 5.14. The summed E-state index contributed by atoms with van der Waals surface area (Å²) < 4.78 is 11.8. The van der Waals surface area contributed by atoms with E-state index in [0.717, 1.165) is 42.8 Å². The summed E-state index contributed by atoms with van der Waals surface area (Å²) in [5.74, 6) is 0.946. The van der Waals surface area contributed by atoms with Gasteiger partial charge in [-0.2, -0.15) is 0 Å². The van der Waals surface area contributed by atoms with Gasteiger partial charge in [-0.1, -0.05) is 6.92 Å². The van der Waals surface area contributed by atoms with Crippen molar-refractivity contribution >= 4 is 15.9 Å². The Kier molecular flexibility index (Phi) is 4.68. The monoisotopic (exact) mass is 299 g/mol. The van der Waals surface area contributed by atoms with E-state index in [9.17, 15) is 0 Å². The third-order valence-corrected chi connectivity index (χ3v) is 3.24. The van der Waals surface area contributed by atoms with Gasteiger partial charge in [0, 0.05) is 0 Å². The van der Waals surface area contributed by atoms with Crippen molar-refractivity contribution in [2.24, 2.45) is 0 Å². The first kappa shape index (κ1) is 12.7. The summed E-state index contributed by atoms with van der Waals surface area (Å²) in [6.45, 7) is 3.96. The molecule has 0 saturated carbocycles. The quantitative estimate of drug-likeness (QED) is 0.898.